The van der Waals surface area contributed by atoms with E-state index in [4.69, 9.17) is 11.0 Å². The number of anilines is 1. The van der Waals surface area contributed by atoms with Gasteiger partial charge in [0.15, 0.2) is 5.01 Å². The van der Waals surface area contributed by atoms with E-state index < -0.39 is 0 Å². The molecule has 0 amide bonds. The molecule has 6 heteroatoms. The predicted octanol–water partition coefficient (Wildman–Crippen LogP) is 2.03. The molecule has 70 valence electrons. The molecule has 0 aliphatic rings. The molecule has 4 nitrogen and oxygen atoms in total. The third-order valence-corrected chi connectivity index (χ3v) is 3.50. The Bertz CT molecular complexity index is 506. The quantitative estimate of drug-likeness (QED) is 0.801. The molecule has 0 saturated heterocycles. The Morgan fingerprint density at radius 1 is 1.50 bits per heavy atom. The van der Waals surface area contributed by atoms with Crippen molar-refractivity contribution >= 4 is 27.8 Å². The SMILES string of the molecule is Cc1csc(C#N)c1-c1nnc(N)s1. The number of thiophene rings is 1. The van der Waals surface area contributed by atoms with E-state index in [-0.39, 0.29) is 0 Å². The van der Waals surface area contributed by atoms with Crippen LogP contribution in [0, 0.1) is 18.3 Å². The third-order valence-electron chi connectivity index (χ3n) is 1.73. The molecule has 0 spiro atoms. The van der Waals surface area contributed by atoms with E-state index in [2.05, 4.69) is 16.3 Å². The van der Waals surface area contributed by atoms with E-state index in [1.54, 1.807) is 0 Å². The van der Waals surface area contributed by atoms with E-state index in [9.17, 15) is 0 Å². The summed E-state index contributed by atoms with van der Waals surface area (Å²) in [6, 6.07) is 2.14. The number of aromatic nitrogens is 2. The Morgan fingerprint density at radius 3 is 2.86 bits per heavy atom. The van der Waals surface area contributed by atoms with Crippen molar-refractivity contribution in [3.63, 3.8) is 0 Å². The highest BCUT2D eigenvalue weighted by molar-refractivity contribution is 7.19. The van der Waals surface area contributed by atoms with Crippen molar-refractivity contribution in [2.45, 2.75) is 6.92 Å². The number of nitrogen functional groups attached to an aromatic ring is 1. The summed E-state index contributed by atoms with van der Waals surface area (Å²) >= 11 is 2.72. The average molecular weight is 222 g/mol. The molecule has 0 aromatic carbocycles. The molecule has 0 radical (unpaired) electrons. The van der Waals surface area contributed by atoms with E-state index in [1.165, 1.54) is 22.7 Å². The zero-order valence-corrected chi connectivity index (χ0v) is 8.95. The van der Waals surface area contributed by atoms with Crippen molar-refractivity contribution in [3.8, 4) is 16.6 Å². The van der Waals surface area contributed by atoms with Gasteiger partial charge in [-0.15, -0.1) is 21.5 Å². The van der Waals surface area contributed by atoms with Crippen LogP contribution >= 0.6 is 22.7 Å². The Balaban J connectivity index is 2.61. The molecule has 0 bridgehead atoms. The maximum atomic E-state index is 8.89. The smallest absolute Gasteiger partial charge is 0.203 e. The fraction of sp³-hybridized carbons (Fsp3) is 0.125. The lowest BCUT2D eigenvalue weighted by molar-refractivity contribution is 1.10. The largest absolute Gasteiger partial charge is 0.374 e. The monoisotopic (exact) mass is 222 g/mol. The number of hydrogen-bond acceptors (Lipinski definition) is 6. The van der Waals surface area contributed by atoms with Crippen LogP contribution < -0.4 is 5.73 Å². The van der Waals surface area contributed by atoms with Crippen molar-refractivity contribution in [1.29, 1.82) is 5.26 Å². The third kappa shape index (κ3) is 1.36. The van der Waals surface area contributed by atoms with Crippen LogP contribution in [0.15, 0.2) is 5.38 Å². The molecular formula is C8H6N4S2. The molecule has 2 rings (SSSR count). The first-order valence-electron chi connectivity index (χ1n) is 3.80. The fourth-order valence-corrected chi connectivity index (χ4v) is 2.76. The molecule has 2 N–H and O–H groups in total. The van der Waals surface area contributed by atoms with Crippen molar-refractivity contribution in [2.75, 3.05) is 5.73 Å². The van der Waals surface area contributed by atoms with Gasteiger partial charge in [0.25, 0.3) is 0 Å². The van der Waals surface area contributed by atoms with E-state index >= 15 is 0 Å². The summed E-state index contributed by atoms with van der Waals surface area (Å²) in [5.74, 6) is 0. The standard InChI is InChI=1S/C8H6N4S2/c1-4-3-13-5(2-9)6(4)7-11-12-8(10)14-7/h3H,1H3,(H2,10,12). The summed E-state index contributed by atoms with van der Waals surface area (Å²) in [4.78, 5) is 0.665. The van der Waals surface area contributed by atoms with Crippen molar-refractivity contribution in [1.82, 2.24) is 10.2 Å². The summed E-state index contributed by atoms with van der Waals surface area (Å²) in [6.07, 6.45) is 0. The zero-order valence-electron chi connectivity index (χ0n) is 7.31. The minimum absolute atomic E-state index is 0.425. The summed E-state index contributed by atoms with van der Waals surface area (Å²) in [5.41, 5.74) is 7.40. The number of hydrogen-bond donors (Lipinski definition) is 1. The van der Waals surface area contributed by atoms with Crippen LogP contribution in [0.1, 0.15) is 10.4 Å². The molecule has 0 fully saturated rings. The van der Waals surface area contributed by atoms with Gasteiger partial charge >= 0.3 is 0 Å². The van der Waals surface area contributed by atoms with Gasteiger partial charge in [-0.05, 0) is 17.9 Å². The van der Waals surface area contributed by atoms with Gasteiger partial charge in [0.1, 0.15) is 10.9 Å². The van der Waals surface area contributed by atoms with Crippen LogP contribution in [0.3, 0.4) is 0 Å². The Labute approximate surface area is 88.6 Å². The van der Waals surface area contributed by atoms with Crippen LogP contribution in [-0.2, 0) is 0 Å². The Hall–Kier alpha value is -1.45. The summed E-state index contributed by atoms with van der Waals surface area (Å²) < 4.78 is 0. The molecule has 14 heavy (non-hydrogen) atoms. The highest BCUT2D eigenvalue weighted by atomic mass is 32.1. The van der Waals surface area contributed by atoms with Gasteiger partial charge < -0.3 is 5.73 Å². The topological polar surface area (TPSA) is 75.6 Å². The van der Waals surface area contributed by atoms with E-state index in [0.29, 0.717) is 10.0 Å². The van der Waals surface area contributed by atoms with Crippen molar-refractivity contribution < 1.29 is 0 Å². The molecule has 2 aromatic heterocycles. The second-order valence-electron chi connectivity index (χ2n) is 2.68. The summed E-state index contributed by atoms with van der Waals surface area (Å²) in [7, 11) is 0. The average Bonchev–Trinajstić information content (AvgIpc) is 2.71. The first-order valence-corrected chi connectivity index (χ1v) is 5.49. The van der Waals surface area contributed by atoms with Gasteiger partial charge in [0.2, 0.25) is 5.13 Å². The van der Waals surface area contributed by atoms with Crippen LogP contribution in [0.4, 0.5) is 5.13 Å². The highest BCUT2D eigenvalue weighted by Crippen LogP contribution is 2.34. The Kier molecular flexibility index (Phi) is 2.19. The lowest BCUT2D eigenvalue weighted by Crippen LogP contribution is -1.81. The number of nitriles is 1. The molecular weight excluding hydrogens is 216 g/mol. The molecule has 0 unspecified atom stereocenters. The van der Waals surface area contributed by atoms with Crippen molar-refractivity contribution in [3.05, 3.63) is 15.8 Å². The second kappa shape index (κ2) is 3.36. The van der Waals surface area contributed by atoms with Crippen LogP contribution in [0.5, 0.6) is 0 Å². The summed E-state index contributed by atoms with van der Waals surface area (Å²) in [6.45, 7) is 1.95. The Morgan fingerprint density at radius 2 is 2.29 bits per heavy atom. The van der Waals surface area contributed by atoms with Crippen LogP contribution in [-0.4, -0.2) is 10.2 Å². The van der Waals surface area contributed by atoms with Gasteiger partial charge in [-0.1, -0.05) is 11.3 Å². The molecule has 2 aromatic rings. The number of nitrogens with zero attached hydrogens (tertiary/aromatic N) is 3. The first-order chi connectivity index (χ1) is 6.72. The van der Waals surface area contributed by atoms with Crippen LogP contribution in [0.25, 0.3) is 10.6 Å². The van der Waals surface area contributed by atoms with Gasteiger partial charge in [0.05, 0.1) is 0 Å². The zero-order chi connectivity index (χ0) is 10.1. The maximum absolute atomic E-state index is 8.89. The molecule has 0 saturated carbocycles. The van der Waals surface area contributed by atoms with Gasteiger partial charge in [-0.25, -0.2) is 0 Å². The number of rotatable bonds is 1. The molecule has 0 atom stereocenters. The first kappa shape index (κ1) is 9.12. The van der Waals surface area contributed by atoms with Crippen molar-refractivity contribution in [2.24, 2.45) is 0 Å². The number of aryl methyl sites for hydroxylation is 1. The van der Waals surface area contributed by atoms with Crippen LogP contribution in [0.2, 0.25) is 0 Å². The minimum atomic E-state index is 0.425. The molecule has 2 heterocycles. The fourth-order valence-electron chi connectivity index (χ4n) is 1.13. The van der Waals surface area contributed by atoms with E-state index in [0.717, 1.165) is 16.1 Å². The second-order valence-corrected chi connectivity index (χ2v) is 4.57. The lowest BCUT2D eigenvalue weighted by Gasteiger charge is -1.92. The lowest BCUT2D eigenvalue weighted by atomic mass is 10.2. The normalized spacial score (nSPS) is 10.0. The summed E-state index contributed by atoms with van der Waals surface area (Å²) in [5, 5.41) is 19.6. The predicted molar refractivity (Wildman–Crippen MR) is 57.1 cm³/mol. The number of nitrogens with two attached hydrogens (primary N) is 1. The van der Waals surface area contributed by atoms with Gasteiger partial charge in [-0.2, -0.15) is 5.26 Å². The van der Waals surface area contributed by atoms with Gasteiger partial charge in [0, 0.05) is 5.56 Å². The minimum Gasteiger partial charge on any atom is -0.374 e. The molecule has 0 aliphatic heterocycles. The maximum Gasteiger partial charge on any atom is 0.203 e. The van der Waals surface area contributed by atoms with E-state index in [1.807, 2.05) is 12.3 Å². The molecule has 0 aliphatic carbocycles. The van der Waals surface area contributed by atoms with Gasteiger partial charge in [-0.3, -0.25) is 0 Å². The highest BCUT2D eigenvalue weighted by Gasteiger charge is 2.14.